The predicted molar refractivity (Wildman–Crippen MR) is 97.6 cm³/mol. The first-order valence-electron chi connectivity index (χ1n) is 8.83. The van der Waals surface area contributed by atoms with Gasteiger partial charge >= 0.3 is 0 Å². The summed E-state index contributed by atoms with van der Waals surface area (Å²) in [6.45, 7) is 5.23. The Balaban J connectivity index is 1.66. The van der Waals surface area contributed by atoms with Gasteiger partial charge in [-0.15, -0.1) is 0 Å². The van der Waals surface area contributed by atoms with Gasteiger partial charge in [-0.3, -0.25) is 9.59 Å². The first-order chi connectivity index (χ1) is 12.0. The quantitative estimate of drug-likeness (QED) is 0.879. The van der Waals surface area contributed by atoms with Gasteiger partial charge in [0.2, 0.25) is 5.91 Å². The highest BCUT2D eigenvalue weighted by Gasteiger charge is 2.20. The Kier molecular flexibility index (Phi) is 5.22. The van der Waals surface area contributed by atoms with Crippen molar-refractivity contribution in [2.24, 2.45) is 0 Å². The largest absolute Gasteiger partial charge is 0.352 e. The maximum Gasteiger partial charge on any atom is 0.253 e. The lowest BCUT2D eigenvalue weighted by molar-refractivity contribution is -0.123. The van der Waals surface area contributed by atoms with Crippen molar-refractivity contribution in [3.63, 3.8) is 0 Å². The minimum absolute atomic E-state index is 0.0398. The van der Waals surface area contributed by atoms with Gasteiger partial charge in [0.05, 0.1) is 5.56 Å². The number of nitrogens with one attached hydrogen (secondary N) is 2. The fraction of sp³-hybridized carbons (Fsp3) is 0.400. The number of nitrogens with zero attached hydrogens (tertiary/aromatic N) is 1. The van der Waals surface area contributed by atoms with Crippen LogP contribution in [0.25, 0.3) is 0 Å². The second kappa shape index (κ2) is 7.55. The van der Waals surface area contributed by atoms with Crippen molar-refractivity contribution in [2.75, 3.05) is 6.54 Å². The summed E-state index contributed by atoms with van der Waals surface area (Å²) < 4.78 is 2.16. The van der Waals surface area contributed by atoms with Gasteiger partial charge < -0.3 is 15.2 Å². The number of aromatic nitrogens is 1. The molecule has 132 valence electrons. The van der Waals surface area contributed by atoms with Crippen molar-refractivity contribution >= 4 is 11.8 Å². The number of carbonyl (C=O) groups excluding carboxylic acids is 2. The zero-order valence-corrected chi connectivity index (χ0v) is 14.8. The number of carbonyl (C=O) groups is 2. The van der Waals surface area contributed by atoms with Gasteiger partial charge in [0, 0.05) is 36.9 Å². The predicted octanol–water partition coefficient (Wildman–Crippen LogP) is 2.55. The fourth-order valence-electron chi connectivity index (χ4n) is 3.39. The van der Waals surface area contributed by atoms with E-state index >= 15 is 0 Å². The van der Waals surface area contributed by atoms with E-state index in [4.69, 9.17) is 0 Å². The molecule has 1 aromatic heterocycles. The summed E-state index contributed by atoms with van der Waals surface area (Å²) >= 11 is 0. The summed E-state index contributed by atoms with van der Waals surface area (Å²) in [5.74, 6) is -0.00114. The van der Waals surface area contributed by atoms with Gasteiger partial charge in [0.15, 0.2) is 0 Å². The lowest BCUT2D eigenvalue weighted by Gasteiger charge is -2.23. The molecule has 1 fully saturated rings. The van der Waals surface area contributed by atoms with Crippen LogP contribution in [-0.4, -0.2) is 29.0 Å². The fourth-order valence-corrected chi connectivity index (χ4v) is 3.39. The smallest absolute Gasteiger partial charge is 0.253 e. The summed E-state index contributed by atoms with van der Waals surface area (Å²) in [6.07, 6.45) is 2.39. The highest BCUT2D eigenvalue weighted by molar-refractivity contribution is 5.95. The monoisotopic (exact) mass is 339 g/mol. The topological polar surface area (TPSA) is 63.1 Å². The Hall–Kier alpha value is -2.56. The van der Waals surface area contributed by atoms with E-state index in [0.717, 1.165) is 30.8 Å². The molecule has 0 bridgehead atoms. The molecule has 1 saturated heterocycles. The van der Waals surface area contributed by atoms with E-state index in [1.54, 1.807) is 0 Å². The number of hydrogen-bond acceptors (Lipinski definition) is 2. The van der Waals surface area contributed by atoms with E-state index in [1.165, 1.54) is 5.56 Å². The molecule has 2 heterocycles. The molecule has 5 nitrogen and oxygen atoms in total. The molecule has 1 aromatic carbocycles. The van der Waals surface area contributed by atoms with Crippen LogP contribution in [0.1, 0.15) is 46.6 Å². The van der Waals surface area contributed by atoms with Crippen molar-refractivity contribution < 1.29 is 9.59 Å². The molecule has 1 atom stereocenters. The highest BCUT2D eigenvalue weighted by Crippen LogP contribution is 2.17. The Morgan fingerprint density at radius 3 is 2.76 bits per heavy atom. The van der Waals surface area contributed by atoms with Crippen LogP contribution in [0.5, 0.6) is 0 Å². The number of rotatable bonds is 5. The van der Waals surface area contributed by atoms with Crippen LogP contribution in [0.2, 0.25) is 0 Å². The first kappa shape index (κ1) is 17.3. The second-order valence-electron chi connectivity index (χ2n) is 6.72. The molecule has 2 amide bonds. The summed E-state index contributed by atoms with van der Waals surface area (Å²) in [6, 6.07) is 12.2. The number of benzene rings is 1. The number of piperidine rings is 1. The summed E-state index contributed by atoms with van der Waals surface area (Å²) in [5, 5.41) is 5.90. The first-order valence-corrected chi connectivity index (χ1v) is 8.83. The van der Waals surface area contributed by atoms with E-state index in [2.05, 4.69) is 27.3 Å². The van der Waals surface area contributed by atoms with Crippen LogP contribution < -0.4 is 10.6 Å². The van der Waals surface area contributed by atoms with Crippen molar-refractivity contribution in [3.05, 3.63) is 58.9 Å². The van der Waals surface area contributed by atoms with E-state index in [0.29, 0.717) is 18.5 Å². The molecule has 3 rings (SSSR count). The Labute approximate surface area is 148 Å². The minimum Gasteiger partial charge on any atom is -0.352 e. The average Bonchev–Trinajstić information content (AvgIpc) is 2.89. The molecule has 0 saturated carbocycles. The second-order valence-corrected chi connectivity index (χ2v) is 6.72. The van der Waals surface area contributed by atoms with Crippen LogP contribution in [0.15, 0.2) is 36.4 Å². The highest BCUT2D eigenvalue weighted by atomic mass is 16.2. The number of hydrogen-bond donors (Lipinski definition) is 2. The van der Waals surface area contributed by atoms with Crippen molar-refractivity contribution in [1.29, 1.82) is 0 Å². The number of aryl methyl sites for hydroxylation is 1. The van der Waals surface area contributed by atoms with Gasteiger partial charge in [0.1, 0.15) is 0 Å². The average molecular weight is 339 g/mol. The number of amides is 2. The lowest BCUT2D eigenvalue weighted by atomic mass is 10.0. The van der Waals surface area contributed by atoms with E-state index in [9.17, 15) is 9.59 Å². The molecule has 25 heavy (non-hydrogen) atoms. The third kappa shape index (κ3) is 4.10. The van der Waals surface area contributed by atoms with Crippen LogP contribution in [0, 0.1) is 13.8 Å². The van der Waals surface area contributed by atoms with Crippen LogP contribution >= 0.6 is 0 Å². The van der Waals surface area contributed by atoms with Crippen molar-refractivity contribution in [3.8, 4) is 0 Å². The van der Waals surface area contributed by atoms with E-state index in [-0.39, 0.29) is 17.9 Å². The molecule has 0 aliphatic carbocycles. The van der Waals surface area contributed by atoms with Crippen molar-refractivity contribution in [2.45, 2.75) is 45.7 Å². The molecular formula is C20H25N3O2. The van der Waals surface area contributed by atoms with Gasteiger partial charge in [-0.2, -0.15) is 0 Å². The lowest BCUT2D eigenvalue weighted by Crippen LogP contribution is -2.46. The SMILES string of the molecule is Cc1cc(C(=O)NC[C@H]2CCCC(=O)N2)c(C)n1Cc1ccccc1. The van der Waals surface area contributed by atoms with E-state index < -0.39 is 0 Å². The van der Waals surface area contributed by atoms with Crippen LogP contribution in [0.4, 0.5) is 0 Å². The molecule has 2 aromatic rings. The molecule has 0 spiro atoms. The maximum atomic E-state index is 12.6. The summed E-state index contributed by atoms with van der Waals surface area (Å²) in [7, 11) is 0. The zero-order valence-electron chi connectivity index (χ0n) is 14.8. The van der Waals surface area contributed by atoms with Crippen LogP contribution in [0.3, 0.4) is 0 Å². The molecule has 0 radical (unpaired) electrons. The Bertz CT molecular complexity index is 765. The van der Waals surface area contributed by atoms with E-state index in [1.807, 2.05) is 38.1 Å². The minimum atomic E-state index is -0.0766. The third-order valence-electron chi connectivity index (χ3n) is 4.83. The van der Waals surface area contributed by atoms with Gasteiger partial charge in [-0.25, -0.2) is 0 Å². The Morgan fingerprint density at radius 2 is 2.04 bits per heavy atom. The van der Waals surface area contributed by atoms with Crippen molar-refractivity contribution in [1.82, 2.24) is 15.2 Å². The molecule has 5 heteroatoms. The summed E-state index contributed by atoms with van der Waals surface area (Å²) in [5.41, 5.74) is 3.95. The molecule has 1 aliphatic heterocycles. The molecule has 1 aliphatic rings. The molecule has 2 N–H and O–H groups in total. The normalized spacial score (nSPS) is 17.2. The van der Waals surface area contributed by atoms with Gasteiger partial charge in [-0.1, -0.05) is 30.3 Å². The molecular weight excluding hydrogens is 314 g/mol. The van der Waals surface area contributed by atoms with Gasteiger partial charge in [-0.05, 0) is 38.3 Å². The van der Waals surface area contributed by atoms with Crippen LogP contribution in [-0.2, 0) is 11.3 Å². The summed E-state index contributed by atoms with van der Waals surface area (Å²) in [4.78, 5) is 24.0. The molecule has 0 unspecified atom stereocenters. The Morgan fingerprint density at radius 1 is 1.28 bits per heavy atom. The third-order valence-corrected chi connectivity index (χ3v) is 4.83. The van der Waals surface area contributed by atoms with Gasteiger partial charge in [0.25, 0.3) is 5.91 Å². The standard InChI is InChI=1S/C20H25N3O2/c1-14-11-18(15(2)23(14)13-16-7-4-3-5-8-16)20(25)21-12-17-9-6-10-19(24)22-17/h3-5,7-8,11,17H,6,9-10,12-13H2,1-2H3,(H,21,25)(H,22,24)/t17-/m1/s1. The maximum absolute atomic E-state index is 12.6. The zero-order chi connectivity index (χ0) is 17.8.